The summed E-state index contributed by atoms with van der Waals surface area (Å²) in [5.41, 5.74) is 4.05. The highest BCUT2D eigenvalue weighted by molar-refractivity contribution is 5.53. The van der Waals surface area contributed by atoms with Gasteiger partial charge in [0.1, 0.15) is 11.9 Å². The summed E-state index contributed by atoms with van der Waals surface area (Å²) in [6.45, 7) is 8.60. The van der Waals surface area contributed by atoms with Gasteiger partial charge in [-0.25, -0.2) is 4.98 Å². The molecule has 9 nitrogen and oxygen atoms in total. The molecule has 166 valence electrons. The lowest BCUT2D eigenvalue weighted by atomic mass is 10.1. The summed E-state index contributed by atoms with van der Waals surface area (Å²) in [6, 6.07) is 8.65. The van der Waals surface area contributed by atoms with Gasteiger partial charge in [-0.05, 0) is 37.4 Å². The Labute approximate surface area is 186 Å². The lowest BCUT2D eigenvalue weighted by Gasteiger charge is -2.15. The van der Waals surface area contributed by atoms with E-state index in [1.165, 1.54) is 0 Å². The summed E-state index contributed by atoms with van der Waals surface area (Å²) in [6.07, 6.45) is 6.68. The molecule has 0 saturated carbocycles. The predicted molar refractivity (Wildman–Crippen MR) is 122 cm³/mol. The average molecular weight is 433 g/mol. The van der Waals surface area contributed by atoms with E-state index in [4.69, 9.17) is 9.72 Å². The second-order valence-electron chi connectivity index (χ2n) is 8.38. The van der Waals surface area contributed by atoms with Gasteiger partial charge >= 0.3 is 6.01 Å². The van der Waals surface area contributed by atoms with Crippen molar-refractivity contribution in [2.45, 2.75) is 45.8 Å². The van der Waals surface area contributed by atoms with Crippen LogP contribution in [0.1, 0.15) is 43.1 Å². The Balaban J connectivity index is 1.48. The van der Waals surface area contributed by atoms with Crippen LogP contribution in [0.2, 0.25) is 0 Å². The van der Waals surface area contributed by atoms with Gasteiger partial charge < -0.3 is 19.9 Å². The number of benzene rings is 1. The molecular formula is C23H28N8O. The molecule has 2 N–H and O–H groups in total. The van der Waals surface area contributed by atoms with Crippen molar-refractivity contribution in [3.05, 3.63) is 59.8 Å². The fourth-order valence-corrected chi connectivity index (χ4v) is 4.03. The number of hydrogen-bond donors (Lipinski definition) is 2. The lowest BCUT2D eigenvalue weighted by Crippen LogP contribution is -2.21. The number of hydrogen-bond acceptors (Lipinski definition) is 7. The van der Waals surface area contributed by atoms with Crippen molar-refractivity contribution >= 4 is 11.6 Å². The van der Waals surface area contributed by atoms with Crippen molar-refractivity contribution in [3.8, 4) is 11.7 Å². The first-order chi connectivity index (χ1) is 15.6. The zero-order valence-electron chi connectivity index (χ0n) is 18.6. The topological polar surface area (TPSA) is 94.2 Å². The Hall–Kier alpha value is -3.46. The third-order valence-corrected chi connectivity index (χ3v) is 5.80. The number of rotatable bonds is 7. The molecule has 0 aliphatic carbocycles. The molecule has 5 rings (SSSR count). The number of fused-ring (bicyclic) bond motifs is 1. The summed E-state index contributed by atoms with van der Waals surface area (Å²) >= 11 is 0. The normalized spacial score (nSPS) is 16.2. The van der Waals surface area contributed by atoms with E-state index in [0.29, 0.717) is 24.4 Å². The van der Waals surface area contributed by atoms with Gasteiger partial charge in [-0.1, -0.05) is 32.0 Å². The van der Waals surface area contributed by atoms with Gasteiger partial charge in [0, 0.05) is 31.0 Å². The van der Waals surface area contributed by atoms with Gasteiger partial charge in [0.25, 0.3) is 0 Å². The minimum Gasteiger partial charge on any atom is -0.459 e. The number of imidazole rings is 1. The Morgan fingerprint density at radius 2 is 2.12 bits per heavy atom. The van der Waals surface area contributed by atoms with Crippen LogP contribution in [0, 0.1) is 6.92 Å². The molecule has 4 heterocycles. The van der Waals surface area contributed by atoms with Crippen LogP contribution in [0.25, 0.3) is 11.3 Å². The molecule has 9 heteroatoms. The van der Waals surface area contributed by atoms with Crippen LogP contribution in [0.5, 0.6) is 6.01 Å². The zero-order valence-corrected chi connectivity index (χ0v) is 18.6. The Bertz CT molecular complexity index is 1220. The first-order valence-electron chi connectivity index (χ1n) is 11.1. The molecule has 0 radical (unpaired) electrons. The molecule has 3 aromatic heterocycles. The van der Waals surface area contributed by atoms with Crippen molar-refractivity contribution in [1.29, 1.82) is 0 Å². The van der Waals surface area contributed by atoms with Crippen LogP contribution in [0.4, 0.5) is 5.95 Å². The lowest BCUT2D eigenvalue weighted by molar-refractivity contribution is 0.204. The van der Waals surface area contributed by atoms with Crippen LogP contribution in [-0.4, -0.2) is 48.3 Å². The van der Waals surface area contributed by atoms with E-state index in [1.807, 2.05) is 37.6 Å². The molecule has 1 fully saturated rings. The third-order valence-electron chi connectivity index (χ3n) is 5.80. The van der Waals surface area contributed by atoms with Crippen molar-refractivity contribution in [3.63, 3.8) is 0 Å². The summed E-state index contributed by atoms with van der Waals surface area (Å²) in [4.78, 5) is 13.7. The quantitative estimate of drug-likeness (QED) is 0.463. The van der Waals surface area contributed by atoms with E-state index in [9.17, 15) is 0 Å². The van der Waals surface area contributed by atoms with Crippen molar-refractivity contribution < 1.29 is 4.74 Å². The van der Waals surface area contributed by atoms with Crippen LogP contribution >= 0.6 is 0 Å². The summed E-state index contributed by atoms with van der Waals surface area (Å²) in [7, 11) is 0. The Kier molecular flexibility index (Phi) is 5.48. The van der Waals surface area contributed by atoms with E-state index >= 15 is 0 Å². The first-order valence-corrected chi connectivity index (χ1v) is 11.1. The molecule has 0 bridgehead atoms. The van der Waals surface area contributed by atoms with Gasteiger partial charge in [-0.15, -0.1) is 0 Å². The summed E-state index contributed by atoms with van der Waals surface area (Å²) in [5, 5.41) is 11.3. The molecule has 32 heavy (non-hydrogen) atoms. The molecule has 4 aromatic rings. The standard InChI is InChI=1S/C23H28N8O/c1-15(2)19-14-27-31-21(19)28-23(32-18-8-9-24-13-18)29-22(31)26-12-17-6-4-5-7-20(17)30-11-10-25-16(30)3/h4-7,10-11,14-15,18,24H,8-9,12-13H2,1-3H3,(H,26,28,29). The fourth-order valence-electron chi connectivity index (χ4n) is 4.03. The van der Waals surface area contributed by atoms with Crippen molar-refractivity contribution in [2.75, 3.05) is 18.4 Å². The molecule has 0 amide bonds. The van der Waals surface area contributed by atoms with Crippen LogP contribution < -0.4 is 15.4 Å². The SMILES string of the molecule is Cc1nccn1-c1ccccc1CNc1nc(OC2CCNC2)nc2c(C(C)C)cnn12. The van der Waals surface area contributed by atoms with Gasteiger partial charge in [-0.3, -0.25) is 0 Å². The Morgan fingerprint density at radius 1 is 1.25 bits per heavy atom. The zero-order chi connectivity index (χ0) is 22.1. The monoisotopic (exact) mass is 432 g/mol. The first kappa shape index (κ1) is 20.4. The Morgan fingerprint density at radius 3 is 2.88 bits per heavy atom. The van der Waals surface area contributed by atoms with Gasteiger partial charge in [0.15, 0.2) is 5.65 Å². The number of para-hydroxylation sites is 1. The van der Waals surface area contributed by atoms with E-state index in [-0.39, 0.29) is 6.10 Å². The number of nitrogens with one attached hydrogen (secondary N) is 2. The second kappa shape index (κ2) is 8.58. The van der Waals surface area contributed by atoms with E-state index in [1.54, 1.807) is 4.52 Å². The number of ether oxygens (including phenoxy) is 1. The van der Waals surface area contributed by atoms with E-state index in [0.717, 1.165) is 47.8 Å². The minimum absolute atomic E-state index is 0.0839. The molecule has 1 aromatic carbocycles. The van der Waals surface area contributed by atoms with Crippen LogP contribution in [-0.2, 0) is 6.54 Å². The molecule has 1 aliphatic heterocycles. The van der Waals surface area contributed by atoms with Gasteiger partial charge in [-0.2, -0.15) is 19.6 Å². The molecule has 1 atom stereocenters. The second-order valence-corrected chi connectivity index (χ2v) is 8.38. The van der Waals surface area contributed by atoms with Gasteiger partial charge in [0.2, 0.25) is 5.95 Å². The van der Waals surface area contributed by atoms with E-state index in [2.05, 4.69) is 56.2 Å². The fraction of sp³-hybridized carbons (Fsp3) is 0.391. The van der Waals surface area contributed by atoms with E-state index < -0.39 is 0 Å². The number of anilines is 1. The number of nitrogens with zero attached hydrogens (tertiary/aromatic N) is 6. The molecule has 1 aliphatic rings. The van der Waals surface area contributed by atoms with Crippen molar-refractivity contribution in [2.24, 2.45) is 0 Å². The summed E-state index contributed by atoms with van der Waals surface area (Å²) < 4.78 is 9.95. The smallest absolute Gasteiger partial charge is 0.322 e. The predicted octanol–water partition coefficient (Wildman–Crippen LogP) is 3.09. The number of aromatic nitrogens is 6. The highest BCUT2D eigenvalue weighted by atomic mass is 16.5. The van der Waals surface area contributed by atoms with Crippen molar-refractivity contribution in [1.82, 2.24) is 34.4 Å². The third kappa shape index (κ3) is 3.91. The molecule has 0 spiro atoms. The number of aryl methyl sites for hydroxylation is 1. The molecule has 1 unspecified atom stereocenters. The molecular weight excluding hydrogens is 404 g/mol. The maximum absolute atomic E-state index is 6.10. The largest absolute Gasteiger partial charge is 0.459 e. The molecule has 1 saturated heterocycles. The van der Waals surface area contributed by atoms with Gasteiger partial charge in [0.05, 0.1) is 11.9 Å². The highest BCUT2D eigenvalue weighted by Gasteiger charge is 2.21. The van der Waals surface area contributed by atoms with Crippen LogP contribution in [0.15, 0.2) is 42.9 Å². The summed E-state index contributed by atoms with van der Waals surface area (Å²) in [5.74, 6) is 1.84. The maximum atomic E-state index is 6.10. The van der Waals surface area contributed by atoms with Crippen LogP contribution in [0.3, 0.4) is 0 Å². The minimum atomic E-state index is 0.0839. The average Bonchev–Trinajstić information content (AvgIpc) is 3.53. The maximum Gasteiger partial charge on any atom is 0.322 e. The highest BCUT2D eigenvalue weighted by Crippen LogP contribution is 2.24.